The molecule has 2 saturated heterocycles. The molecule has 0 spiro atoms. The number of carbonyl (C=O) groups excluding carboxylic acids is 3. The van der Waals surface area contributed by atoms with Crippen LogP contribution in [0, 0.1) is 0 Å². The van der Waals surface area contributed by atoms with E-state index in [2.05, 4.69) is 0 Å². The Balaban J connectivity index is 1.84. The molecular formula is C18H20N2O5S. The summed E-state index contributed by atoms with van der Waals surface area (Å²) in [5, 5.41) is 8.95. The van der Waals surface area contributed by atoms with Gasteiger partial charge in [-0.25, -0.2) is 4.79 Å². The maximum absolute atomic E-state index is 12.7. The van der Waals surface area contributed by atoms with Crippen LogP contribution < -0.4 is 0 Å². The number of carboxylic acid groups (broad SMARTS) is 1. The SMILES string of the molecule is CC(=O)N(C(=O)Cc1ccccc1)[C@@H]1C(=O)N2[C@@H]1SC(C)(C)[C@@H]2C(=O)O. The Labute approximate surface area is 155 Å². The van der Waals surface area contributed by atoms with Gasteiger partial charge in [-0.2, -0.15) is 0 Å². The molecule has 1 N–H and O–H groups in total. The van der Waals surface area contributed by atoms with Crippen LogP contribution in [0.25, 0.3) is 0 Å². The van der Waals surface area contributed by atoms with E-state index in [0.717, 1.165) is 10.5 Å². The quantitative estimate of drug-likeness (QED) is 0.792. The molecule has 0 unspecified atom stereocenters. The summed E-state index contributed by atoms with van der Waals surface area (Å²) in [5.74, 6) is -2.54. The average Bonchev–Trinajstić information content (AvgIpc) is 2.81. The highest BCUT2D eigenvalue weighted by Gasteiger charge is 2.66. The number of hydrogen-bond acceptors (Lipinski definition) is 5. The number of hydrogen-bond donors (Lipinski definition) is 1. The molecule has 1 aromatic rings. The van der Waals surface area contributed by atoms with Gasteiger partial charge in [-0.15, -0.1) is 11.8 Å². The Bertz CT molecular complexity index is 779. The number of imide groups is 1. The first-order valence-corrected chi connectivity index (χ1v) is 9.12. The number of rotatable bonds is 4. The lowest BCUT2D eigenvalue weighted by molar-refractivity contribution is -0.171. The second kappa shape index (κ2) is 6.42. The molecule has 0 bridgehead atoms. The van der Waals surface area contributed by atoms with Crippen molar-refractivity contribution >= 4 is 35.5 Å². The van der Waals surface area contributed by atoms with Gasteiger partial charge in [0.05, 0.1) is 6.42 Å². The minimum atomic E-state index is -1.08. The molecule has 0 radical (unpaired) electrons. The van der Waals surface area contributed by atoms with E-state index in [0.29, 0.717) is 0 Å². The van der Waals surface area contributed by atoms with Gasteiger partial charge in [0.2, 0.25) is 11.8 Å². The third-order valence-corrected chi connectivity index (χ3v) is 6.29. The summed E-state index contributed by atoms with van der Waals surface area (Å²) >= 11 is 1.31. The monoisotopic (exact) mass is 376 g/mol. The van der Waals surface area contributed by atoms with Gasteiger partial charge in [0.15, 0.2) is 0 Å². The maximum Gasteiger partial charge on any atom is 0.327 e. The van der Waals surface area contributed by atoms with Crippen molar-refractivity contribution in [2.75, 3.05) is 0 Å². The number of carboxylic acids is 1. The number of amides is 3. The first-order chi connectivity index (χ1) is 12.1. The lowest BCUT2D eigenvalue weighted by atomic mass is 9.95. The molecule has 3 atom stereocenters. The Morgan fingerprint density at radius 2 is 1.85 bits per heavy atom. The molecule has 1 aromatic carbocycles. The topological polar surface area (TPSA) is 95.0 Å². The van der Waals surface area contributed by atoms with E-state index >= 15 is 0 Å². The molecule has 138 valence electrons. The third kappa shape index (κ3) is 2.88. The molecule has 0 saturated carbocycles. The summed E-state index contributed by atoms with van der Waals surface area (Å²) in [6, 6.07) is 7.05. The van der Waals surface area contributed by atoms with Crippen LogP contribution >= 0.6 is 11.8 Å². The molecular weight excluding hydrogens is 356 g/mol. The van der Waals surface area contributed by atoms with E-state index in [-0.39, 0.29) is 6.42 Å². The van der Waals surface area contributed by atoms with E-state index in [4.69, 9.17) is 0 Å². The highest BCUT2D eigenvalue weighted by atomic mass is 32.2. The minimum Gasteiger partial charge on any atom is -0.480 e. The van der Waals surface area contributed by atoms with Crippen molar-refractivity contribution in [2.45, 2.75) is 49.4 Å². The number of carbonyl (C=O) groups is 4. The molecule has 2 aliphatic heterocycles. The number of fused-ring (bicyclic) bond motifs is 1. The highest BCUT2D eigenvalue weighted by molar-refractivity contribution is 8.01. The minimum absolute atomic E-state index is 0.00728. The molecule has 2 aliphatic rings. The van der Waals surface area contributed by atoms with E-state index < -0.39 is 45.9 Å². The Morgan fingerprint density at radius 1 is 1.23 bits per heavy atom. The smallest absolute Gasteiger partial charge is 0.327 e. The summed E-state index contributed by atoms with van der Waals surface area (Å²) in [6.45, 7) is 4.75. The standard InChI is InChI=1S/C18H20N2O5S/c1-10(21)19(12(22)9-11-7-5-4-6-8-11)13-15(23)20-14(17(24)25)18(2,3)26-16(13)20/h4-8,13-14,16H,9H2,1-3H3,(H,24,25)/t13-,14+,16-/m1/s1. The molecule has 3 rings (SSSR count). The Kier molecular flexibility index (Phi) is 4.56. The van der Waals surface area contributed by atoms with Crippen molar-refractivity contribution in [3.63, 3.8) is 0 Å². The molecule has 8 heteroatoms. The van der Waals surface area contributed by atoms with Crippen LogP contribution in [0.5, 0.6) is 0 Å². The van der Waals surface area contributed by atoms with Crippen LogP contribution in [0.4, 0.5) is 0 Å². The van der Waals surface area contributed by atoms with E-state index in [1.807, 2.05) is 6.07 Å². The molecule has 0 aromatic heterocycles. The van der Waals surface area contributed by atoms with Crippen LogP contribution in [-0.4, -0.2) is 60.8 Å². The summed E-state index contributed by atoms with van der Waals surface area (Å²) in [5.41, 5.74) is 0.746. The van der Waals surface area contributed by atoms with Gasteiger partial charge in [0.25, 0.3) is 5.91 Å². The zero-order valence-corrected chi connectivity index (χ0v) is 15.5. The van der Waals surface area contributed by atoms with E-state index in [1.54, 1.807) is 38.1 Å². The Hall–Kier alpha value is -2.35. The summed E-state index contributed by atoms with van der Waals surface area (Å²) < 4.78 is -0.703. The molecule has 2 fully saturated rings. The van der Waals surface area contributed by atoms with Crippen LogP contribution in [0.3, 0.4) is 0 Å². The number of β-lactam (4-membered cyclic amide) rings is 1. The maximum atomic E-state index is 12.7. The predicted octanol–water partition coefficient (Wildman–Crippen LogP) is 1.12. The van der Waals surface area contributed by atoms with Crippen LogP contribution in [0.2, 0.25) is 0 Å². The van der Waals surface area contributed by atoms with Gasteiger partial charge in [0.1, 0.15) is 17.5 Å². The number of nitrogens with zero attached hydrogens (tertiary/aromatic N) is 2. The zero-order valence-electron chi connectivity index (χ0n) is 14.7. The van der Waals surface area contributed by atoms with Crippen LogP contribution in [0.15, 0.2) is 30.3 Å². The van der Waals surface area contributed by atoms with E-state index in [9.17, 15) is 24.3 Å². The molecule has 2 heterocycles. The molecule has 26 heavy (non-hydrogen) atoms. The predicted molar refractivity (Wildman–Crippen MR) is 95.2 cm³/mol. The summed E-state index contributed by atoms with van der Waals surface area (Å²) in [4.78, 5) is 51.3. The van der Waals surface area contributed by atoms with Gasteiger partial charge in [-0.1, -0.05) is 30.3 Å². The highest BCUT2D eigenvalue weighted by Crippen LogP contribution is 2.52. The number of thioether (sulfide) groups is 1. The fraction of sp³-hybridized carbons (Fsp3) is 0.444. The van der Waals surface area contributed by atoms with Crippen molar-refractivity contribution in [3.05, 3.63) is 35.9 Å². The molecule has 3 amide bonds. The summed E-state index contributed by atoms with van der Waals surface area (Å²) in [6.07, 6.45) is 0.00728. The van der Waals surface area contributed by atoms with Crippen molar-refractivity contribution in [3.8, 4) is 0 Å². The average molecular weight is 376 g/mol. The van der Waals surface area contributed by atoms with Crippen LogP contribution in [0.1, 0.15) is 26.3 Å². The first-order valence-electron chi connectivity index (χ1n) is 8.24. The van der Waals surface area contributed by atoms with Crippen molar-refractivity contribution < 1.29 is 24.3 Å². The van der Waals surface area contributed by atoms with Crippen LogP contribution in [-0.2, 0) is 25.6 Å². The third-order valence-electron chi connectivity index (χ3n) is 4.73. The van der Waals surface area contributed by atoms with Gasteiger partial charge >= 0.3 is 5.97 Å². The normalized spacial score (nSPS) is 26.0. The largest absolute Gasteiger partial charge is 0.480 e. The number of benzene rings is 1. The molecule has 0 aliphatic carbocycles. The van der Waals surface area contributed by atoms with E-state index in [1.165, 1.54) is 23.6 Å². The van der Waals surface area contributed by atoms with Gasteiger partial charge in [-0.3, -0.25) is 19.3 Å². The van der Waals surface area contributed by atoms with Gasteiger partial charge < -0.3 is 10.0 Å². The van der Waals surface area contributed by atoms with Crippen molar-refractivity contribution in [1.29, 1.82) is 0 Å². The second-order valence-corrected chi connectivity index (χ2v) is 8.76. The van der Waals surface area contributed by atoms with Crippen molar-refractivity contribution in [1.82, 2.24) is 9.80 Å². The fourth-order valence-corrected chi connectivity index (χ4v) is 5.28. The fourth-order valence-electron chi connectivity index (χ4n) is 3.61. The second-order valence-electron chi connectivity index (χ2n) is 6.99. The van der Waals surface area contributed by atoms with Crippen molar-refractivity contribution in [2.24, 2.45) is 0 Å². The lowest BCUT2D eigenvalue weighted by Crippen LogP contribution is -2.72. The first kappa shape index (κ1) is 18.4. The lowest BCUT2D eigenvalue weighted by Gasteiger charge is -2.47. The van der Waals surface area contributed by atoms with Gasteiger partial charge in [0, 0.05) is 11.7 Å². The summed E-state index contributed by atoms with van der Waals surface area (Å²) in [7, 11) is 0. The zero-order chi connectivity index (χ0) is 19.2. The molecule has 7 nitrogen and oxygen atoms in total. The van der Waals surface area contributed by atoms with Gasteiger partial charge in [-0.05, 0) is 19.4 Å². The number of aliphatic carboxylic acids is 1. The Morgan fingerprint density at radius 3 is 2.38 bits per heavy atom.